The fourth-order valence-corrected chi connectivity index (χ4v) is 10.6. The van der Waals surface area contributed by atoms with Crippen molar-refractivity contribution in [2.75, 3.05) is 0 Å². The molecule has 0 saturated carbocycles. The second-order valence-corrected chi connectivity index (χ2v) is 16.3. The molecule has 6 aromatic carbocycles. The molecule has 0 amide bonds. The van der Waals surface area contributed by atoms with E-state index >= 15 is 0 Å². The summed E-state index contributed by atoms with van der Waals surface area (Å²) < 4.78 is 11.7. The SMILES string of the molecule is C1=CCC(C2N=C(c3cccc4sc5cc(C6C=CC=C7Oc8c(cccc8-n8c9ccccc9c9ccccc98)C76)ccc5c34)N=C(c3ccccc3)N2)C=C1. The van der Waals surface area contributed by atoms with Crippen molar-refractivity contribution in [3.63, 3.8) is 0 Å². The number of amidine groups is 2. The molecule has 5 nitrogen and oxygen atoms in total. The average molecular weight is 753 g/mol. The summed E-state index contributed by atoms with van der Waals surface area (Å²) in [5.74, 6) is 4.02. The molecule has 4 aliphatic rings. The molecule has 12 rings (SSSR count). The monoisotopic (exact) mass is 752 g/mol. The molecule has 0 saturated heterocycles. The Labute approximate surface area is 334 Å². The van der Waals surface area contributed by atoms with Crippen LogP contribution in [0.4, 0.5) is 0 Å². The van der Waals surface area contributed by atoms with Gasteiger partial charge in [0.05, 0.1) is 22.6 Å². The first kappa shape index (κ1) is 32.5. The number of nitrogens with zero attached hydrogens (tertiary/aromatic N) is 3. The van der Waals surface area contributed by atoms with Crippen LogP contribution in [0.1, 0.15) is 40.5 Å². The molecule has 4 atom stereocenters. The maximum absolute atomic E-state index is 6.88. The van der Waals surface area contributed by atoms with E-state index in [-0.39, 0.29) is 23.9 Å². The lowest BCUT2D eigenvalue weighted by Gasteiger charge is -2.28. The van der Waals surface area contributed by atoms with Crippen molar-refractivity contribution in [2.24, 2.45) is 15.9 Å². The van der Waals surface area contributed by atoms with Gasteiger partial charge in [-0.1, -0.05) is 140 Å². The molecule has 272 valence electrons. The Morgan fingerprint density at radius 3 is 2.33 bits per heavy atom. The number of para-hydroxylation sites is 3. The number of thiophene rings is 1. The van der Waals surface area contributed by atoms with Gasteiger partial charge in [0.2, 0.25) is 0 Å². The highest BCUT2D eigenvalue weighted by Gasteiger charge is 2.39. The Bertz CT molecular complexity index is 3090. The minimum atomic E-state index is -0.118. The van der Waals surface area contributed by atoms with Gasteiger partial charge < -0.3 is 14.6 Å². The van der Waals surface area contributed by atoms with Crippen LogP contribution in [0.5, 0.6) is 5.75 Å². The van der Waals surface area contributed by atoms with E-state index in [0.29, 0.717) is 0 Å². The summed E-state index contributed by atoms with van der Waals surface area (Å²) in [5, 5.41) is 8.61. The number of aliphatic imine (C=N–C) groups is 2. The molecule has 0 radical (unpaired) electrons. The van der Waals surface area contributed by atoms with Gasteiger partial charge in [0.25, 0.3) is 0 Å². The standard InChI is InChI=1S/C51H36N4OS/c1-3-14-31(15-4-1)49-52-50(32-16-5-2-6-17-32)54-51(53-49)39-22-13-27-44-47(39)37-29-28-33(30-45(37)57-44)34-20-12-26-43-46(34)38-21-11-25-42(48(38)56-43)55-40-23-9-7-18-35(40)36-19-8-10-24-41(36)55/h1-16,18-30,32,34,46,50H,17H2,(H,52,53,54). The number of allylic oxidation sites excluding steroid dienone is 7. The Morgan fingerprint density at radius 1 is 0.702 bits per heavy atom. The van der Waals surface area contributed by atoms with Gasteiger partial charge in [0.15, 0.2) is 11.6 Å². The summed E-state index contributed by atoms with van der Waals surface area (Å²) in [6.07, 6.45) is 16.2. The normalized spacial score (nSPS) is 20.9. The third-order valence-corrected chi connectivity index (χ3v) is 13.1. The van der Waals surface area contributed by atoms with Gasteiger partial charge in [0, 0.05) is 59.5 Å². The molecule has 1 N–H and O–H groups in total. The van der Waals surface area contributed by atoms with E-state index in [4.69, 9.17) is 14.7 Å². The zero-order valence-electron chi connectivity index (χ0n) is 30.9. The summed E-state index contributed by atoms with van der Waals surface area (Å²) in [7, 11) is 0. The summed E-state index contributed by atoms with van der Waals surface area (Å²) in [4.78, 5) is 10.5. The largest absolute Gasteiger partial charge is 0.459 e. The van der Waals surface area contributed by atoms with E-state index in [0.717, 1.165) is 46.4 Å². The predicted octanol–water partition coefficient (Wildman–Crippen LogP) is 12.1. The lowest BCUT2D eigenvalue weighted by Crippen LogP contribution is -2.43. The topological polar surface area (TPSA) is 50.9 Å². The molecule has 2 aliphatic carbocycles. The van der Waals surface area contributed by atoms with E-state index in [1.54, 1.807) is 0 Å². The Hall–Kier alpha value is -6.76. The third-order valence-electron chi connectivity index (χ3n) is 12.0. The fourth-order valence-electron chi connectivity index (χ4n) is 9.40. The van der Waals surface area contributed by atoms with Crippen molar-refractivity contribution in [2.45, 2.75) is 24.4 Å². The molecular formula is C51H36N4OS. The number of nitrogens with one attached hydrogen (secondary N) is 1. The highest BCUT2D eigenvalue weighted by Crippen LogP contribution is 2.53. The van der Waals surface area contributed by atoms with Crippen LogP contribution in [0.15, 0.2) is 192 Å². The van der Waals surface area contributed by atoms with Crippen LogP contribution in [0.2, 0.25) is 0 Å². The van der Waals surface area contributed by atoms with Crippen LogP contribution in [-0.4, -0.2) is 22.4 Å². The van der Waals surface area contributed by atoms with Crippen LogP contribution in [0.3, 0.4) is 0 Å². The molecule has 4 unspecified atom stereocenters. The number of benzene rings is 6. The number of fused-ring (bicyclic) bond motifs is 9. The van der Waals surface area contributed by atoms with Crippen LogP contribution >= 0.6 is 11.3 Å². The second-order valence-electron chi connectivity index (χ2n) is 15.2. The van der Waals surface area contributed by atoms with Crippen LogP contribution in [0.25, 0.3) is 47.7 Å². The molecule has 57 heavy (non-hydrogen) atoms. The molecule has 8 aromatic rings. The lowest BCUT2D eigenvalue weighted by molar-refractivity contribution is 0.416. The van der Waals surface area contributed by atoms with Crippen molar-refractivity contribution in [1.82, 2.24) is 9.88 Å². The van der Waals surface area contributed by atoms with Crippen LogP contribution < -0.4 is 10.1 Å². The molecule has 0 spiro atoms. The van der Waals surface area contributed by atoms with Gasteiger partial charge >= 0.3 is 0 Å². The maximum Gasteiger partial charge on any atom is 0.159 e. The van der Waals surface area contributed by atoms with Crippen molar-refractivity contribution in [1.29, 1.82) is 0 Å². The quantitative estimate of drug-likeness (QED) is 0.190. The van der Waals surface area contributed by atoms with E-state index in [1.807, 2.05) is 17.4 Å². The highest BCUT2D eigenvalue weighted by molar-refractivity contribution is 7.25. The number of hydrogen-bond acceptors (Lipinski definition) is 5. The van der Waals surface area contributed by atoms with E-state index < -0.39 is 0 Å². The zero-order valence-corrected chi connectivity index (χ0v) is 31.7. The molecule has 0 fully saturated rings. The first-order valence-corrected chi connectivity index (χ1v) is 20.5. The van der Waals surface area contributed by atoms with Gasteiger partial charge in [-0.05, 0) is 48.4 Å². The lowest BCUT2D eigenvalue weighted by atomic mass is 9.78. The Morgan fingerprint density at radius 2 is 1.51 bits per heavy atom. The highest BCUT2D eigenvalue weighted by atomic mass is 32.1. The van der Waals surface area contributed by atoms with E-state index in [2.05, 4.69) is 180 Å². The second kappa shape index (κ2) is 12.9. The third kappa shape index (κ3) is 5.14. The van der Waals surface area contributed by atoms with Crippen molar-refractivity contribution < 1.29 is 4.74 Å². The Balaban J connectivity index is 0.950. The number of aromatic nitrogens is 1. The molecule has 2 aliphatic heterocycles. The van der Waals surface area contributed by atoms with E-state index in [1.165, 1.54) is 53.1 Å². The first-order valence-electron chi connectivity index (χ1n) is 19.7. The van der Waals surface area contributed by atoms with E-state index in [9.17, 15) is 0 Å². The summed E-state index contributed by atoms with van der Waals surface area (Å²) in [6.45, 7) is 0. The fraction of sp³-hybridized carbons (Fsp3) is 0.0980. The minimum Gasteiger partial charge on any atom is -0.459 e. The van der Waals surface area contributed by atoms with Crippen LogP contribution in [0, 0.1) is 5.92 Å². The van der Waals surface area contributed by atoms with Crippen molar-refractivity contribution in [3.05, 3.63) is 204 Å². The summed E-state index contributed by atoms with van der Waals surface area (Å²) >= 11 is 1.85. The summed E-state index contributed by atoms with van der Waals surface area (Å²) in [6, 6.07) is 48.0. The minimum absolute atomic E-state index is 0.0795. The number of ether oxygens (including phenoxy) is 1. The summed E-state index contributed by atoms with van der Waals surface area (Å²) in [5.41, 5.74) is 8.07. The molecule has 4 heterocycles. The molecule has 6 heteroatoms. The number of hydrogen-bond donors (Lipinski definition) is 1. The van der Waals surface area contributed by atoms with Gasteiger partial charge in [-0.3, -0.25) is 0 Å². The predicted molar refractivity (Wildman–Crippen MR) is 236 cm³/mol. The van der Waals surface area contributed by atoms with Gasteiger partial charge in [-0.25, -0.2) is 9.98 Å². The van der Waals surface area contributed by atoms with Crippen LogP contribution in [-0.2, 0) is 0 Å². The smallest absolute Gasteiger partial charge is 0.159 e. The van der Waals surface area contributed by atoms with Gasteiger partial charge in [-0.15, -0.1) is 11.3 Å². The molecule has 2 aromatic heterocycles. The number of rotatable bonds is 5. The van der Waals surface area contributed by atoms with Crippen molar-refractivity contribution >= 4 is 65.0 Å². The Kier molecular flexibility index (Phi) is 7.35. The zero-order chi connectivity index (χ0) is 37.5. The first-order chi connectivity index (χ1) is 28.3. The van der Waals surface area contributed by atoms with Crippen molar-refractivity contribution in [3.8, 4) is 11.4 Å². The van der Waals surface area contributed by atoms with Gasteiger partial charge in [-0.2, -0.15) is 0 Å². The van der Waals surface area contributed by atoms with Gasteiger partial charge in [0.1, 0.15) is 17.8 Å². The molecular weight excluding hydrogens is 717 g/mol. The molecule has 0 bridgehead atoms. The maximum atomic E-state index is 6.88. The average Bonchev–Trinajstić information content (AvgIpc) is 3.96.